The fraction of sp³-hybridized carbons (Fsp3) is 0.900. The summed E-state index contributed by atoms with van der Waals surface area (Å²) in [4.78, 5) is 16.8. The van der Waals surface area contributed by atoms with E-state index in [0.29, 0.717) is 12.6 Å². The average molecular weight is 350 g/mol. The highest BCUT2D eigenvalue weighted by molar-refractivity contribution is 5.80. The van der Waals surface area contributed by atoms with Crippen molar-refractivity contribution in [3.63, 3.8) is 0 Å². The van der Waals surface area contributed by atoms with Crippen molar-refractivity contribution < 1.29 is 9.53 Å². The highest BCUT2D eigenvalue weighted by Crippen LogP contribution is 2.49. The van der Waals surface area contributed by atoms with Gasteiger partial charge in [-0.2, -0.15) is 0 Å². The van der Waals surface area contributed by atoms with Crippen molar-refractivity contribution in [2.45, 2.75) is 71.3 Å². The molecule has 0 amide bonds. The zero-order chi connectivity index (χ0) is 17.6. The first kappa shape index (κ1) is 18.5. The Balaban J connectivity index is 1.46. The third kappa shape index (κ3) is 5.61. The number of esters is 1. The van der Waals surface area contributed by atoms with E-state index in [2.05, 4.69) is 17.6 Å². The maximum Gasteiger partial charge on any atom is 0.308 e. The van der Waals surface area contributed by atoms with Crippen molar-refractivity contribution in [1.29, 1.82) is 0 Å². The smallest absolute Gasteiger partial charge is 0.308 e. The molecule has 0 radical (unpaired) electrons. The Morgan fingerprint density at radius 1 is 1.04 bits per heavy atom. The maximum absolute atomic E-state index is 11.9. The summed E-state index contributed by atoms with van der Waals surface area (Å²) in [6, 6.07) is 0.420. The summed E-state index contributed by atoms with van der Waals surface area (Å²) < 4.78 is 5.16. The van der Waals surface area contributed by atoms with Gasteiger partial charge in [0, 0.05) is 19.1 Å². The minimum absolute atomic E-state index is 0.0155. The van der Waals surface area contributed by atoms with Crippen molar-refractivity contribution in [2.24, 2.45) is 28.7 Å². The minimum atomic E-state index is -0.0155. The van der Waals surface area contributed by atoms with Gasteiger partial charge < -0.3 is 15.4 Å². The van der Waals surface area contributed by atoms with Crippen LogP contribution in [0.15, 0.2) is 4.99 Å². The Morgan fingerprint density at radius 3 is 2.20 bits per heavy atom. The molecule has 0 atom stereocenters. The van der Waals surface area contributed by atoms with Crippen LogP contribution in [-0.4, -0.2) is 37.7 Å². The second-order valence-electron chi connectivity index (χ2n) is 8.00. The molecule has 5 nitrogen and oxygen atoms in total. The fourth-order valence-corrected chi connectivity index (χ4v) is 4.18. The lowest BCUT2D eigenvalue weighted by Crippen LogP contribution is -2.45. The summed E-state index contributed by atoms with van der Waals surface area (Å²) in [6.45, 7) is 6.34. The minimum Gasteiger partial charge on any atom is -0.466 e. The zero-order valence-corrected chi connectivity index (χ0v) is 15.9. The topological polar surface area (TPSA) is 62.7 Å². The molecule has 0 unspecified atom stereocenters. The Morgan fingerprint density at radius 2 is 1.68 bits per heavy atom. The van der Waals surface area contributed by atoms with Crippen molar-refractivity contribution >= 4 is 11.9 Å². The highest BCUT2D eigenvalue weighted by atomic mass is 16.5. The Kier molecular flexibility index (Phi) is 6.60. The predicted octanol–water partition coefficient (Wildman–Crippen LogP) is 3.10. The number of guanidine groups is 1. The molecule has 0 aromatic rings. The largest absolute Gasteiger partial charge is 0.466 e. The van der Waals surface area contributed by atoms with E-state index in [1.54, 1.807) is 0 Å². The van der Waals surface area contributed by atoms with Crippen LogP contribution in [0.4, 0.5) is 0 Å². The average Bonchev–Trinajstić information content (AvgIpc) is 3.50. The van der Waals surface area contributed by atoms with Gasteiger partial charge in [0.05, 0.1) is 12.5 Å². The summed E-state index contributed by atoms with van der Waals surface area (Å²) >= 11 is 0. The molecule has 25 heavy (non-hydrogen) atoms. The molecule has 0 aromatic heterocycles. The van der Waals surface area contributed by atoms with Gasteiger partial charge in [0.15, 0.2) is 5.96 Å². The lowest BCUT2D eigenvalue weighted by Gasteiger charge is -2.29. The van der Waals surface area contributed by atoms with Gasteiger partial charge in [0.1, 0.15) is 0 Å². The molecule has 0 saturated heterocycles. The molecule has 3 aliphatic rings. The van der Waals surface area contributed by atoms with Gasteiger partial charge in [0.2, 0.25) is 0 Å². The molecule has 0 aliphatic heterocycles. The first-order valence-electron chi connectivity index (χ1n) is 10.4. The van der Waals surface area contributed by atoms with Crippen LogP contribution < -0.4 is 10.6 Å². The molecule has 3 fully saturated rings. The molecule has 0 bridgehead atoms. The summed E-state index contributed by atoms with van der Waals surface area (Å²) in [7, 11) is 0. The summed E-state index contributed by atoms with van der Waals surface area (Å²) in [5, 5.41) is 7.01. The number of nitrogens with one attached hydrogen (secondary N) is 2. The standard InChI is InChI=1S/C20H35N3O2/c1-3-21-20(22-13-18(14-5-6-14)15-7-8-15)23-17-11-9-16(10-12-17)19(24)25-4-2/h14-18H,3-13H2,1-2H3,(H2,21,22,23). The van der Waals surface area contributed by atoms with Crippen LogP contribution in [0.2, 0.25) is 0 Å². The highest BCUT2D eigenvalue weighted by Gasteiger charge is 2.41. The third-order valence-electron chi connectivity index (χ3n) is 5.95. The lowest BCUT2D eigenvalue weighted by molar-refractivity contribution is -0.149. The molecule has 0 heterocycles. The number of rotatable bonds is 8. The fourth-order valence-electron chi connectivity index (χ4n) is 4.18. The molecule has 142 valence electrons. The van der Waals surface area contributed by atoms with E-state index in [0.717, 1.165) is 62.5 Å². The number of ether oxygens (including phenoxy) is 1. The monoisotopic (exact) mass is 349 g/mol. The third-order valence-corrected chi connectivity index (χ3v) is 5.95. The first-order valence-corrected chi connectivity index (χ1v) is 10.4. The van der Waals surface area contributed by atoms with Gasteiger partial charge in [-0.3, -0.25) is 9.79 Å². The maximum atomic E-state index is 11.9. The van der Waals surface area contributed by atoms with E-state index in [1.807, 2.05) is 6.92 Å². The van der Waals surface area contributed by atoms with Gasteiger partial charge in [-0.05, 0) is 83.0 Å². The number of hydrogen-bond donors (Lipinski definition) is 2. The predicted molar refractivity (Wildman–Crippen MR) is 100 cm³/mol. The van der Waals surface area contributed by atoms with Crippen molar-refractivity contribution in [2.75, 3.05) is 19.7 Å². The van der Waals surface area contributed by atoms with Crippen LogP contribution in [0.5, 0.6) is 0 Å². The van der Waals surface area contributed by atoms with Crippen LogP contribution in [0.25, 0.3) is 0 Å². The Hall–Kier alpha value is -1.26. The van der Waals surface area contributed by atoms with Gasteiger partial charge in [-0.1, -0.05) is 0 Å². The number of nitrogens with zero attached hydrogens (tertiary/aromatic N) is 1. The van der Waals surface area contributed by atoms with Crippen LogP contribution in [0.3, 0.4) is 0 Å². The number of aliphatic imine (C=N–C) groups is 1. The SMILES string of the molecule is CCNC(=NCC(C1CC1)C1CC1)NC1CCC(C(=O)OCC)CC1. The first-order chi connectivity index (χ1) is 12.2. The van der Waals surface area contributed by atoms with E-state index in [1.165, 1.54) is 25.7 Å². The number of carbonyl (C=O) groups is 1. The van der Waals surface area contributed by atoms with Gasteiger partial charge in [-0.15, -0.1) is 0 Å². The second-order valence-corrected chi connectivity index (χ2v) is 8.00. The summed E-state index contributed by atoms with van der Waals surface area (Å²) in [6.07, 6.45) is 9.53. The molecule has 3 aliphatic carbocycles. The van der Waals surface area contributed by atoms with E-state index in [-0.39, 0.29) is 11.9 Å². The van der Waals surface area contributed by atoms with E-state index in [9.17, 15) is 4.79 Å². The molecular weight excluding hydrogens is 314 g/mol. The zero-order valence-electron chi connectivity index (χ0n) is 15.9. The molecule has 2 N–H and O–H groups in total. The second kappa shape index (κ2) is 8.91. The number of carbonyl (C=O) groups excluding carboxylic acids is 1. The van der Waals surface area contributed by atoms with Gasteiger partial charge >= 0.3 is 5.97 Å². The van der Waals surface area contributed by atoms with Crippen LogP contribution in [0, 0.1) is 23.7 Å². The van der Waals surface area contributed by atoms with Gasteiger partial charge in [-0.25, -0.2) is 0 Å². The molecule has 0 aromatic carbocycles. The van der Waals surface area contributed by atoms with Crippen LogP contribution >= 0.6 is 0 Å². The molecule has 3 rings (SSSR count). The summed E-state index contributed by atoms with van der Waals surface area (Å²) in [5.41, 5.74) is 0. The van der Waals surface area contributed by atoms with Crippen LogP contribution in [-0.2, 0) is 9.53 Å². The molecule has 5 heteroatoms. The Labute approximate surface area is 152 Å². The van der Waals surface area contributed by atoms with Crippen LogP contribution in [0.1, 0.15) is 65.2 Å². The van der Waals surface area contributed by atoms with E-state index < -0.39 is 0 Å². The van der Waals surface area contributed by atoms with Crippen molar-refractivity contribution in [3.8, 4) is 0 Å². The van der Waals surface area contributed by atoms with Crippen molar-refractivity contribution in [1.82, 2.24) is 10.6 Å². The molecule has 0 spiro atoms. The lowest BCUT2D eigenvalue weighted by atomic mass is 9.86. The Bertz CT molecular complexity index is 452. The van der Waals surface area contributed by atoms with E-state index >= 15 is 0 Å². The molecule has 3 saturated carbocycles. The summed E-state index contributed by atoms with van der Waals surface area (Å²) in [5.74, 6) is 3.74. The van der Waals surface area contributed by atoms with E-state index in [4.69, 9.17) is 9.73 Å². The quantitative estimate of drug-likeness (QED) is 0.401. The van der Waals surface area contributed by atoms with Crippen molar-refractivity contribution in [3.05, 3.63) is 0 Å². The normalized spacial score (nSPS) is 27.2. The molecular formula is C20H35N3O2. The number of hydrogen-bond acceptors (Lipinski definition) is 3. The van der Waals surface area contributed by atoms with Gasteiger partial charge in [0.25, 0.3) is 0 Å².